The maximum absolute atomic E-state index is 6.14. The predicted octanol–water partition coefficient (Wildman–Crippen LogP) is 2.13. The predicted molar refractivity (Wildman–Crippen MR) is 99.8 cm³/mol. The van der Waals surface area contributed by atoms with E-state index in [-0.39, 0.29) is 0 Å². The Bertz CT molecular complexity index is 526. The Balaban J connectivity index is 1.25. The fraction of sp³-hybridized carbons (Fsp3) is 0.950. The Morgan fingerprint density at radius 1 is 1.16 bits per heavy atom. The molecule has 0 aromatic heterocycles. The molecule has 3 saturated carbocycles. The average molecular weight is 347 g/mol. The highest BCUT2D eigenvalue weighted by atomic mass is 16.5. The molecule has 0 aromatic carbocycles. The third kappa shape index (κ3) is 2.78. The molecule has 0 radical (unpaired) electrons. The largest absolute Gasteiger partial charge is 0.377 e. The van der Waals surface area contributed by atoms with Gasteiger partial charge in [-0.1, -0.05) is 12.8 Å². The molecule has 5 nitrogen and oxygen atoms in total. The van der Waals surface area contributed by atoms with E-state index in [1.54, 1.807) is 0 Å². The summed E-state index contributed by atoms with van der Waals surface area (Å²) >= 11 is 0. The van der Waals surface area contributed by atoms with Crippen LogP contribution < -0.4 is 10.6 Å². The van der Waals surface area contributed by atoms with Gasteiger partial charge in [0.05, 0.1) is 6.10 Å². The topological polar surface area (TPSA) is 48.9 Å². The summed E-state index contributed by atoms with van der Waals surface area (Å²) in [4.78, 5) is 7.47. The molecule has 0 aromatic rings. The second-order valence-corrected chi connectivity index (χ2v) is 8.99. The van der Waals surface area contributed by atoms with E-state index < -0.39 is 0 Å². The SMILES string of the molecule is CCN=C(NC1CCN(C2CC2)C1)NC1C2CCOC2C12CCCC2. The van der Waals surface area contributed by atoms with Gasteiger partial charge in [-0.2, -0.15) is 0 Å². The lowest BCUT2D eigenvalue weighted by Gasteiger charge is -2.57. The van der Waals surface area contributed by atoms with Gasteiger partial charge in [0.25, 0.3) is 0 Å². The highest BCUT2D eigenvalue weighted by Gasteiger charge is 2.65. The van der Waals surface area contributed by atoms with E-state index in [1.807, 2.05) is 0 Å². The molecule has 0 amide bonds. The van der Waals surface area contributed by atoms with Crippen LogP contribution in [0, 0.1) is 11.3 Å². The maximum Gasteiger partial charge on any atom is 0.191 e. The molecule has 5 aliphatic rings. The van der Waals surface area contributed by atoms with Gasteiger partial charge in [0.1, 0.15) is 0 Å². The molecular weight excluding hydrogens is 312 g/mol. The molecular formula is C20H34N4O. The molecule has 5 heteroatoms. The van der Waals surface area contributed by atoms with Crippen LogP contribution in [-0.2, 0) is 4.74 Å². The van der Waals surface area contributed by atoms with Gasteiger partial charge in [-0.25, -0.2) is 0 Å². The Morgan fingerprint density at radius 3 is 2.76 bits per heavy atom. The second-order valence-electron chi connectivity index (χ2n) is 8.99. The van der Waals surface area contributed by atoms with Crippen molar-refractivity contribution in [3.63, 3.8) is 0 Å². The molecule has 2 aliphatic heterocycles. The van der Waals surface area contributed by atoms with Gasteiger partial charge in [-0.05, 0) is 45.4 Å². The molecule has 5 fully saturated rings. The molecule has 4 unspecified atom stereocenters. The van der Waals surface area contributed by atoms with Gasteiger partial charge in [-0.15, -0.1) is 0 Å². The number of nitrogens with one attached hydrogen (secondary N) is 2. The smallest absolute Gasteiger partial charge is 0.191 e. The zero-order valence-electron chi connectivity index (χ0n) is 15.7. The van der Waals surface area contributed by atoms with Crippen molar-refractivity contribution in [2.24, 2.45) is 16.3 Å². The third-order valence-electron chi connectivity index (χ3n) is 7.52. The molecule has 5 rings (SSSR count). The van der Waals surface area contributed by atoms with Crippen molar-refractivity contribution in [1.29, 1.82) is 0 Å². The summed E-state index contributed by atoms with van der Waals surface area (Å²) < 4.78 is 6.14. The van der Waals surface area contributed by atoms with Crippen LogP contribution in [-0.4, -0.2) is 61.3 Å². The van der Waals surface area contributed by atoms with Crippen molar-refractivity contribution in [2.45, 2.75) is 82.5 Å². The molecule has 140 valence electrons. The number of nitrogens with zero attached hydrogens (tertiary/aromatic N) is 2. The van der Waals surface area contributed by atoms with Crippen LogP contribution >= 0.6 is 0 Å². The maximum atomic E-state index is 6.14. The van der Waals surface area contributed by atoms with E-state index in [4.69, 9.17) is 9.73 Å². The number of aliphatic imine (C=N–C) groups is 1. The van der Waals surface area contributed by atoms with Crippen LogP contribution in [0.4, 0.5) is 0 Å². The Morgan fingerprint density at radius 2 is 2.00 bits per heavy atom. The zero-order valence-corrected chi connectivity index (χ0v) is 15.7. The lowest BCUT2D eigenvalue weighted by Crippen LogP contribution is -2.69. The first-order chi connectivity index (χ1) is 12.3. The third-order valence-corrected chi connectivity index (χ3v) is 7.52. The second kappa shape index (κ2) is 6.41. The minimum absolute atomic E-state index is 0.396. The Kier molecular flexibility index (Phi) is 4.20. The number of rotatable bonds is 4. The first kappa shape index (κ1) is 16.4. The molecule has 3 aliphatic carbocycles. The van der Waals surface area contributed by atoms with Gasteiger partial charge in [0.2, 0.25) is 0 Å². The number of ether oxygens (including phenoxy) is 1. The van der Waals surface area contributed by atoms with Crippen molar-refractivity contribution in [2.75, 3.05) is 26.2 Å². The van der Waals surface area contributed by atoms with Crippen LogP contribution in [0.3, 0.4) is 0 Å². The highest BCUT2D eigenvalue weighted by molar-refractivity contribution is 5.81. The van der Waals surface area contributed by atoms with Crippen LogP contribution in [0.1, 0.15) is 58.3 Å². The van der Waals surface area contributed by atoms with Gasteiger partial charge in [0, 0.05) is 55.7 Å². The van der Waals surface area contributed by atoms with Gasteiger partial charge in [0.15, 0.2) is 5.96 Å². The summed E-state index contributed by atoms with van der Waals surface area (Å²) in [5.41, 5.74) is 0.396. The van der Waals surface area contributed by atoms with Crippen molar-refractivity contribution < 1.29 is 4.74 Å². The molecule has 2 saturated heterocycles. The number of fused-ring (bicyclic) bond motifs is 2. The Hall–Kier alpha value is -0.810. The fourth-order valence-electron chi connectivity index (χ4n) is 6.21. The highest BCUT2D eigenvalue weighted by Crippen LogP contribution is 2.60. The number of hydrogen-bond acceptors (Lipinski definition) is 3. The number of hydrogen-bond donors (Lipinski definition) is 2. The van der Waals surface area contributed by atoms with E-state index in [2.05, 4.69) is 22.5 Å². The summed E-state index contributed by atoms with van der Waals surface area (Å²) in [6, 6.07) is 2.02. The monoisotopic (exact) mass is 346 g/mol. The molecule has 25 heavy (non-hydrogen) atoms. The van der Waals surface area contributed by atoms with Crippen LogP contribution in [0.25, 0.3) is 0 Å². The van der Waals surface area contributed by atoms with Crippen LogP contribution in [0.15, 0.2) is 4.99 Å². The van der Waals surface area contributed by atoms with E-state index in [0.29, 0.717) is 29.5 Å². The molecule has 0 bridgehead atoms. The molecule has 2 heterocycles. The van der Waals surface area contributed by atoms with Crippen LogP contribution in [0.5, 0.6) is 0 Å². The van der Waals surface area contributed by atoms with Crippen molar-refractivity contribution in [3.05, 3.63) is 0 Å². The molecule has 1 spiro atoms. The lowest BCUT2D eigenvalue weighted by molar-refractivity contribution is -0.125. The van der Waals surface area contributed by atoms with Gasteiger partial charge in [-0.3, -0.25) is 9.89 Å². The average Bonchev–Trinajstić information content (AvgIpc) is 3.05. The Labute approximate surface area is 152 Å². The van der Waals surface area contributed by atoms with Crippen molar-refractivity contribution in [3.8, 4) is 0 Å². The van der Waals surface area contributed by atoms with E-state index in [9.17, 15) is 0 Å². The molecule has 4 atom stereocenters. The molecule has 2 N–H and O–H groups in total. The number of likely N-dealkylation sites (tertiary alicyclic amines) is 1. The minimum Gasteiger partial charge on any atom is -0.377 e. The zero-order chi connectivity index (χ0) is 16.9. The van der Waals surface area contributed by atoms with Crippen molar-refractivity contribution in [1.82, 2.24) is 15.5 Å². The summed E-state index contributed by atoms with van der Waals surface area (Å²) in [7, 11) is 0. The first-order valence-electron chi connectivity index (χ1n) is 10.7. The van der Waals surface area contributed by atoms with E-state index in [1.165, 1.54) is 64.5 Å². The van der Waals surface area contributed by atoms with Gasteiger partial charge >= 0.3 is 0 Å². The van der Waals surface area contributed by atoms with Gasteiger partial charge < -0.3 is 15.4 Å². The summed E-state index contributed by atoms with van der Waals surface area (Å²) in [6.07, 6.45) is 11.2. The quantitative estimate of drug-likeness (QED) is 0.605. The lowest BCUT2D eigenvalue weighted by atomic mass is 9.54. The summed E-state index contributed by atoms with van der Waals surface area (Å²) in [5, 5.41) is 7.66. The van der Waals surface area contributed by atoms with E-state index >= 15 is 0 Å². The summed E-state index contributed by atoms with van der Waals surface area (Å²) in [5.74, 6) is 1.76. The van der Waals surface area contributed by atoms with Crippen molar-refractivity contribution >= 4 is 5.96 Å². The standard InChI is InChI=1S/C20H34N4O/c1-2-21-19(22-14-7-11-24(13-14)15-5-6-15)23-17-16-8-12-25-18(16)20(17)9-3-4-10-20/h14-18H,2-13H2,1H3,(H2,21,22,23). The fourth-order valence-corrected chi connectivity index (χ4v) is 6.21. The number of guanidine groups is 1. The van der Waals surface area contributed by atoms with Crippen LogP contribution in [0.2, 0.25) is 0 Å². The first-order valence-corrected chi connectivity index (χ1v) is 10.7. The summed E-state index contributed by atoms with van der Waals surface area (Å²) in [6.45, 7) is 6.40. The van der Waals surface area contributed by atoms with E-state index in [0.717, 1.165) is 25.2 Å². The normalized spacial score (nSPS) is 40.3. The minimum atomic E-state index is 0.396.